The predicted octanol–water partition coefficient (Wildman–Crippen LogP) is 3.91. The van der Waals surface area contributed by atoms with Gasteiger partial charge in [0.15, 0.2) is 5.78 Å². The molecule has 108 valence electrons. The second-order valence-corrected chi connectivity index (χ2v) is 5.26. The summed E-state index contributed by atoms with van der Waals surface area (Å²) in [6.45, 7) is 1.46. The van der Waals surface area contributed by atoms with Crippen LogP contribution in [-0.2, 0) is 0 Å². The van der Waals surface area contributed by atoms with Crippen LogP contribution in [0.15, 0.2) is 46.9 Å². The van der Waals surface area contributed by atoms with E-state index in [-0.39, 0.29) is 11.7 Å². The third-order valence-corrected chi connectivity index (χ3v) is 3.66. The van der Waals surface area contributed by atoms with E-state index in [1.807, 2.05) is 0 Å². The Morgan fingerprint density at radius 2 is 1.81 bits per heavy atom. The summed E-state index contributed by atoms with van der Waals surface area (Å²) in [5.74, 6) is 0.174. The average molecular weight is 348 g/mol. The highest BCUT2D eigenvalue weighted by Crippen LogP contribution is 2.24. The first-order chi connectivity index (χ1) is 10.0. The number of nitrogens with one attached hydrogen (secondary N) is 1. The van der Waals surface area contributed by atoms with Gasteiger partial charge in [-0.15, -0.1) is 0 Å². The van der Waals surface area contributed by atoms with Gasteiger partial charge in [0.2, 0.25) is 0 Å². The Balaban J connectivity index is 2.33. The molecule has 5 heteroatoms. The molecule has 0 aliphatic rings. The molecule has 0 heterocycles. The molecule has 0 spiro atoms. The first-order valence-corrected chi connectivity index (χ1v) is 7.07. The molecule has 0 aliphatic carbocycles. The smallest absolute Gasteiger partial charge is 0.256 e. The van der Waals surface area contributed by atoms with Gasteiger partial charge in [-0.25, -0.2) is 0 Å². The molecule has 1 amide bonds. The van der Waals surface area contributed by atoms with Crippen molar-refractivity contribution >= 4 is 33.3 Å². The van der Waals surface area contributed by atoms with Crippen LogP contribution in [-0.4, -0.2) is 18.8 Å². The molecule has 0 saturated heterocycles. The number of ether oxygens (including phenoxy) is 1. The number of hydrogen-bond donors (Lipinski definition) is 1. The van der Waals surface area contributed by atoms with Crippen LogP contribution in [0, 0.1) is 0 Å². The van der Waals surface area contributed by atoms with Crippen LogP contribution in [0.4, 0.5) is 5.69 Å². The van der Waals surface area contributed by atoms with E-state index >= 15 is 0 Å². The van der Waals surface area contributed by atoms with Crippen LogP contribution in [0.1, 0.15) is 27.6 Å². The third-order valence-electron chi connectivity index (χ3n) is 2.97. The lowest BCUT2D eigenvalue weighted by atomic mass is 10.1. The van der Waals surface area contributed by atoms with Crippen molar-refractivity contribution in [3.63, 3.8) is 0 Å². The predicted molar refractivity (Wildman–Crippen MR) is 85.1 cm³/mol. The maximum atomic E-state index is 12.4. The Hall–Kier alpha value is -2.14. The van der Waals surface area contributed by atoms with Gasteiger partial charge in [-0.3, -0.25) is 9.59 Å². The SMILES string of the molecule is COc1ccc(Br)c(C(=O)Nc2ccccc2C(C)=O)c1. The summed E-state index contributed by atoms with van der Waals surface area (Å²) in [4.78, 5) is 23.9. The van der Waals surface area contributed by atoms with Crippen molar-refractivity contribution in [2.45, 2.75) is 6.92 Å². The number of benzene rings is 2. The van der Waals surface area contributed by atoms with Crippen LogP contribution in [0.25, 0.3) is 0 Å². The molecule has 0 aliphatic heterocycles. The molecule has 0 saturated carbocycles. The summed E-state index contributed by atoms with van der Waals surface area (Å²) in [6.07, 6.45) is 0. The summed E-state index contributed by atoms with van der Waals surface area (Å²) in [5.41, 5.74) is 1.40. The topological polar surface area (TPSA) is 55.4 Å². The van der Waals surface area contributed by atoms with Crippen molar-refractivity contribution in [2.24, 2.45) is 0 Å². The fraction of sp³-hybridized carbons (Fsp3) is 0.125. The Bertz CT molecular complexity index is 698. The van der Waals surface area contributed by atoms with Gasteiger partial charge in [-0.05, 0) is 53.2 Å². The van der Waals surface area contributed by atoms with Gasteiger partial charge < -0.3 is 10.1 Å². The van der Waals surface area contributed by atoms with Gasteiger partial charge in [0.05, 0.1) is 18.4 Å². The standard InChI is InChI=1S/C16H14BrNO3/c1-10(19)12-5-3-4-6-15(12)18-16(20)13-9-11(21-2)7-8-14(13)17/h3-9H,1-2H3,(H,18,20). The normalized spacial score (nSPS) is 10.0. The molecule has 21 heavy (non-hydrogen) atoms. The highest BCUT2D eigenvalue weighted by molar-refractivity contribution is 9.10. The minimum atomic E-state index is -0.311. The van der Waals surface area contributed by atoms with Crippen molar-refractivity contribution in [1.29, 1.82) is 0 Å². The van der Waals surface area contributed by atoms with Gasteiger partial charge in [0.1, 0.15) is 5.75 Å². The summed E-state index contributed by atoms with van der Waals surface area (Å²) in [5, 5.41) is 2.75. The Morgan fingerprint density at radius 3 is 2.48 bits per heavy atom. The molecule has 0 fully saturated rings. The number of carbonyl (C=O) groups is 2. The Morgan fingerprint density at radius 1 is 1.10 bits per heavy atom. The number of para-hydroxylation sites is 1. The molecule has 1 N–H and O–H groups in total. The highest BCUT2D eigenvalue weighted by atomic mass is 79.9. The zero-order chi connectivity index (χ0) is 15.4. The maximum absolute atomic E-state index is 12.4. The van der Waals surface area contributed by atoms with Crippen LogP contribution in [0.3, 0.4) is 0 Å². The van der Waals surface area contributed by atoms with Gasteiger partial charge in [-0.1, -0.05) is 12.1 Å². The van der Waals surface area contributed by atoms with Crippen molar-refractivity contribution in [2.75, 3.05) is 12.4 Å². The largest absolute Gasteiger partial charge is 0.497 e. The molecule has 2 aromatic carbocycles. The summed E-state index contributed by atoms with van der Waals surface area (Å²) in [6, 6.07) is 12.0. The zero-order valence-corrected chi connectivity index (χ0v) is 13.2. The number of hydrogen-bond acceptors (Lipinski definition) is 3. The van der Waals surface area contributed by atoms with Gasteiger partial charge in [-0.2, -0.15) is 0 Å². The maximum Gasteiger partial charge on any atom is 0.256 e. The number of ketones is 1. The molecule has 2 aromatic rings. The fourth-order valence-electron chi connectivity index (χ4n) is 1.89. The number of methoxy groups -OCH3 is 1. The molecular weight excluding hydrogens is 334 g/mol. The van der Waals surface area contributed by atoms with E-state index in [1.165, 1.54) is 14.0 Å². The summed E-state index contributed by atoms with van der Waals surface area (Å²) >= 11 is 3.34. The van der Waals surface area contributed by atoms with Gasteiger partial charge >= 0.3 is 0 Å². The number of carbonyl (C=O) groups excluding carboxylic acids is 2. The molecule has 4 nitrogen and oxygen atoms in total. The quantitative estimate of drug-likeness (QED) is 0.853. The second kappa shape index (κ2) is 6.54. The van der Waals surface area contributed by atoms with E-state index in [1.54, 1.807) is 42.5 Å². The van der Waals surface area contributed by atoms with Crippen LogP contribution >= 0.6 is 15.9 Å². The molecular formula is C16H14BrNO3. The summed E-state index contributed by atoms with van der Waals surface area (Å²) in [7, 11) is 1.54. The third kappa shape index (κ3) is 3.49. The molecule has 0 atom stereocenters. The van der Waals surface area contributed by atoms with Crippen molar-refractivity contribution in [3.05, 3.63) is 58.1 Å². The van der Waals surface area contributed by atoms with Crippen molar-refractivity contribution < 1.29 is 14.3 Å². The first kappa shape index (κ1) is 15.3. The number of amides is 1. The number of anilines is 1. The lowest BCUT2D eigenvalue weighted by Crippen LogP contribution is -2.15. The van der Waals surface area contributed by atoms with Crippen LogP contribution in [0.5, 0.6) is 5.75 Å². The average Bonchev–Trinajstić information content (AvgIpc) is 2.48. The zero-order valence-electron chi connectivity index (χ0n) is 11.6. The Kier molecular flexibility index (Phi) is 4.75. The van der Waals surface area contributed by atoms with Crippen molar-refractivity contribution in [3.8, 4) is 5.75 Å². The highest BCUT2D eigenvalue weighted by Gasteiger charge is 2.14. The van der Waals surface area contributed by atoms with Crippen LogP contribution < -0.4 is 10.1 Å². The molecule has 0 unspecified atom stereocenters. The van der Waals surface area contributed by atoms with E-state index in [9.17, 15) is 9.59 Å². The summed E-state index contributed by atoms with van der Waals surface area (Å²) < 4.78 is 5.77. The molecule has 0 radical (unpaired) electrons. The second-order valence-electron chi connectivity index (χ2n) is 4.40. The molecule has 2 rings (SSSR count). The lowest BCUT2D eigenvalue weighted by molar-refractivity contribution is 0.101. The van der Waals surface area contributed by atoms with Crippen molar-refractivity contribution in [1.82, 2.24) is 0 Å². The van der Waals surface area contributed by atoms with Gasteiger partial charge in [0, 0.05) is 10.0 Å². The van der Waals surface area contributed by atoms with Crippen LogP contribution in [0.2, 0.25) is 0 Å². The number of rotatable bonds is 4. The van der Waals surface area contributed by atoms with E-state index in [4.69, 9.17) is 4.74 Å². The lowest BCUT2D eigenvalue weighted by Gasteiger charge is -2.11. The van der Waals surface area contributed by atoms with E-state index < -0.39 is 0 Å². The van der Waals surface area contributed by atoms with E-state index in [2.05, 4.69) is 21.2 Å². The number of Topliss-reactive ketones (excluding diaryl/α,β-unsaturated/α-hetero) is 1. The van der Waals surface area contributed by atoms with E-state index in [0.29, 0.717) is 27.0 Å². The van der Waals surface area contributed by atoms with Gasteiger partial charge in [0.25, 0.3) is 5.91 Å². The molecule has 0 bridgehead atoms. The Labute approximate surface area is 131 Å². The monoisotopic (exact) mass is 347 g/mol. The minimum Gasteiger partial charge on any atom is -0.497 e. The van der Waals surface area contributed by atoms with E-state index in [0.717, 1.165) is 0 Å². The molecule has 0 aromatic heterocycles. The minimum absolute atomic E-state index is 0.101. The first-order valence-electron chi connectivity index (χ1n) is 6.27. The fourth-order valence-corrected chi connectivity index (χ4v) is 2.32. The number of halogens is 1.